The van der Waals surface area contributed by atoms with E-state index in [1.165, 1.54) is 12.1 Å². The van der Waals surface area contributed by atoms with Crippen molar-refractivity contribution in [2.45, 2.75) is 17.7 Å². The first-order chi connectivity index (χ1) is 7.07. The lowest BCUT2D eigenvalue weighted by molar-refractivity contribution is 0.552. The summed E-state index contributed by atoms with van der Waals surface area (Å²) in [5.74, 6) is 0. The molecule has 5 heteroatoms. The van der Waals surface area contributed by atoms with Crippen LogP contribution in [0.1, 0.15) is 12.8 Å². The quantitative estimate of drug-likeness (QED) is 0.727. The molecule has 1 aliphatic rings. The maximum atomic E-state index is 12.6. The van der Waals surface area contributed by atoms with Crippen molar-refractivity contribution in [2.75, 3.05) is 18.0 Å². The van der Waals surface area contributed by atoms with Crippen LogP contribution in [-0.4, -0.2) is 21.5 Å². The van der Waals surface area contributed by atoms with Gasteiger partial charge in [0.1, 0.15) is 0 Å². The molecule has 0 aliphatic carbocycles. The molecule has 0 aromatic heterocycles. The van der Waals surface area contributed by atoms with Crippen molar-refractivity contribution in [1.29, 1.82) is 0 Å². The van der Waals surface area contributed by atoms with E-state index in [-0.39, 0.29) is 4.90 Å². The van der Waals surface area contributed by atoms with Crippen molar-refractivity contribution in [3.05, 3.63) is 24.3 Å². The van der Waals surface area contributed by atoms with Gasteiger partial charge in [-0.05, 0) is 37.1 Å². The number of anilines is 1. The second-order valence-electron chi connectivity index (χ2n) is 3.63. The zero-order chi connectivity index (χ0) is 10.9. The van der Waals surface area contributed by atoms with Gasteiger partial charge in [0.25, 0.3) is 0 Å². The largest absolute Gasteiger partial charge is 0.372 e. The summed E-state index contributed by atoms with van der Waals surface area (Å²) in [7, 11) is -4.56. The van der Waals surface area contributed by atoms with Crippen LogP contribution >= 0.6 is 0 Å². The Morgan fingerprint density at radius 2 is 1.60 bits per heavy atom. The second-order valence-corrected chi connectivity index (χ2v) is 4.97. The minimum atomic E-state index is -4.56. The molecule has 0 radical (unpaired) electrons. The normalized spacial score (nSPS) is 17.0. The second kappa shape index (κ2) is 3.81. The van der Waals surface area contributed by atoms with Crippen molar-refractivity contribution < 1.29 is 12.3 Å². The van der Waals surface area contributed by atoms with E-state index in [2.05, 4.69) is 4.90 Å². The van der Waals surface area contributed by atoms with E-state index in [0.29, 0.717) is 0 Å². The zero-order valence-corrected chi connectivity index (χ0v) is 9.00. The molecule has 1 aliphatic heterocycles. The fraction of sp³-hybridized carbons (Fsp3) is 0.400. The minimum absolute atomic E-state index is 0.273. The first-order valence-corrected chi connectivity index (χ1v) is 6.25. The highest BCUT2D eigenvalue weighted by Gasteiger charge is 2.15. The number of halogens is 1. The molecule has 1 fully saturated rings. The summed E-state index contributed by atoms with van der Waals surface area (Å²) in [5.41, 5.74) is 0.958. The maximum absolute atomic E-state index is 12.6. The average molecular weight is 229 g/mol. The molecule has 1 aromatic rings. The number of nitrogens with zero attached hydrogens (tertiary/aromatic N) is 1. The third-order valence-electron chi connectivity index (χ3n) is 2.59. The standard InChI is InChI=1S/C10H12FNO2S/c11-15(13,14)10-5-3-9(4-6-10)12-7-1-2-8-12/h3-6H,1-2,7-8H2. The predicted molar refractivity (Wildman–Crippen MR) is 56.2 cm³/mol. The number of hydrogen-bond acceptors (Lipinski definition) is 3. The van der Waals surface area contributed by atoms with Gasteiger partial charge >= 0.3 is 10.2 Å². The lowest BCUT2D eigenvalue weighted by atomic mass is 10.3. The topological polar surface area (TPSA) is 37.4 Å². The Labute approximate surface area is 88.7 Å². The van der Waals surface area contributed by atoms with Gasteiger partial charge < -0.3 is 4.90 Å². The van der Waals surface area contributed by atoms with E-state index < -0.39 is 10.2 Å². The molecule has 0 amide bonds. The van der Waals surface area contributed by atoms with E-state index in [4.69, 9.17) is 0 Å². The minimum Gasteiger partial charge on any atom is -0.372 e. The highest BCUT2D eigenvalue weighted by molar-refractivity contribution is 7.86. The molecule has 0 unspecified atom stereocenters. The van der Waals surface area contributed by atoms with Crippen molar-refractivity contribution in [3.63, 3.8) is 0 Å². The number of hydrogen-bond donors (Lipinski definition) is 0. The van der Waals surface area contributed by atoms with Gasteiger partial charge in [-0.15, -0.1) is 3.89 Å². The fourth-order valence-corrected chi connectivity index (χ4v) is 2.26. The molecule has 0 N–H and O–H groups in total. The van der Waals surface area contributed by atoms with Crippen LogP contribution in [0.5, 0.6) is 0 Å². The molecule has 0 bridgehead atoms. The lowest BCUT2D eigenvalue weighted by Gasteiger charge is -2.17. The molecule has 0 saturated carbocycles. The average Bonchev–Trinajstić information content (AvgIpc) is 2.69. The van der Waals surface area contributed by atoms with Crippen molar-refractivity contribution >= 4 is 15.9 Å². The lowest BCUT2D eigenvalue weighted by Crippen LogP contribution is -2.17. The van der Waals surface area contributed by atoms with Crippen LogP contribution < -0.4 is 4.90 Å². The first-order valence-electron chi connectivity index (χ1n) is 4.87. The molecule has 1 heterocycles. The molecular weight excluding hydrogens is 217 g/mol. The summed E-state index contributed by atoms with van der Waals surface area (Å²) in [6.07, 6.45) is 2.31. The summed E-state index contributed by atoms with van der Waals surface area (Å²) >= 11 is 0. The van der Waals surface area contributed by atoms with E-state index in [1.54, 1.807) is 12.1 Å². The monoisotopic (exact) mass is 229 g/mol. The molecule has 1 saturated heterocycles. The van der Waals surface area contributed by atoms with Gasteiger partial charge in [0.15, 0.2) is 0 Å². The third kappa shape index (κ3) is 2.28. The van der Waals surface area contributed by atoms with Gasteiger partial charge in [0, 0.05) is 18.8 Å². The Kier molecular flexibility index (Phi) is 2.65. The van der Waals surface area contributed by atoms with Crippen LogP contribution in [0.15, 0.2) is 29.2 Å². The maximum Gasteiger partial charge on any atom is 0.332 e. The van der Waals surface area contributed by atoms with Crippen LogP contribution in [-0.2, 0) is 10.2 Å². The smallest absolute Gasteiger partial charge is 0.332 e. The van der Waals surface area contributed by atoms with Gasteiger partial charge in [-0.1, -0.05) is 0 Å². The zero-order valence-electron chi connectivity index (χ0n) is 8.19. The third-order valence-corrected chi connectivity index (χ3v) is 3.42. The molecule has 15 heavy (non-hydrogen) atoms. The van der Waals surface area contributed by atoms with E-state index in [0.717, 1.165) is 31.6 Å². The van der Waals surface area contributed by atoms with E-state index in [9.17, 15) is 12.3 Å². The molecule has 3 nitrogen and oxygen atoms in total. The molecule has 2 rings (SSSR count). The summed E-state index contributed by atoms with van der Waals surface area (Å²) in [6, 6.07) is 5.92. The van der Waals surface area contributed by atoms with E-state index in [1.807, 2.05) is 0 Å². The van der Waals surface area contributed by atoms with Crippen molar-refractivity contribution in [2.24, 2.45) is 0 Å². The summed E-state index contributed by atoms with van der Waals surface area (Å²) in [5, 5.41) is 0. The Bertz CT molecular complexity index is 435. The van der Waals surface area contributed by atoms with Crippen LogP contribution in [0.4, 0.5) is 9.57 Å². The van der Waals surface area contributed by atoms with Crippen LogP contribution in [0.3, 0.4) is 0 Å². The van der Waals surface area contributed by atoms with Crippen LogP contribution in [0, 0.1) is 0 Å². The van der Waals surface area contributed by atoms with Gasteiger partial charge in [0.2, 0.25) is 0 Å². The van der Waals surface area contributed by atoms with Gasteiger partial charge in [0.05, 0.1) is 4.90 Å². The highest BCUT2D eigenvalue weighted by Crippen LogP contribution is 2.22. The Hall–Kier alpha value is -1.10. The summed E-state index contributed by atoms with van der Waals surface area (Å²) < 4.78 is 33.8. The Balaban J connectivity index is 2.24. The van der Waals surface area contributed by atoms with E-state index >= 15 is 0 Å². The SMILES string of the molecule is O=S(=O)(F)c1ccc(N2CCCC2)cc1. The predicted octanol–water partition coefficient (Wildman–Crippen LogP) is 1.95. The van der Waals surface area contributed by atoms with Crippen molar-refractivity contribution in [1.82, 2.24) is 0 Å². The molecule has 82 valence electrons. The van der Waals surface area contributed by atoms with Gasteiger partial charge in [-0.2, -0.15) is 8.42 Å². The number of rotatable bonds is 2. The van der Waals surface area contributed by atoms with Gasteiger partial charge in [-0.25, -0.2) is 0 Å². The Morgan fingerprint density at radius 3 is 2.07 bits per heavy atom. The van der Waals surface area contributed by atoms with Crippen LogP contribution in [0.2, 0.25) is 0 Å². The molecule has 0 spiro atoms. The molecular formula is C10H12FNO2S. The molecule has 1 aromatic carbocycles. The number of benzene rings is 1. The summed E-state index contributed by atoms with van der Waals surface area (Å²) in [6.45, 7) is 1.98. The fourth-order valence-electron chi connectivity index (χ4n) is 1.79. The van der Waals surface area contributed by atoms with Crippen molar-refractivity contribution in [3.8, 4) is 0 Å². The van der Waals surface area contributed by atoms with Crippen LogP contribution in [0.25, 0.3) is 0 Å². The Morgan fingerprint density at radius 1 is 1.07 bits per heavy atom. The van der Waals surface area contributed by atoms with Gasteiger partial charge in [-0.3, -0.25) is 0 Å². The highest BCUT2D eigenvalue weighted by atomic mass is 32.3. The molecule has 0 atom stereocenters. The first kappa shape index (κ1) is 10.4. The summed E-state index contributed by atoms with van der Waals surface area (Å²) in [4.78, 5) is 1.89.